The second-order valence-electron chi connectivity index (χ2n) is 11.1. The second kappa shape index (κ2) is 11.4. The molecule has 0 spiro atoms. The summed E-state index contributed by atoms with van der Waals surface area (Å²) in [5.41, 5.74) is 8.53. The van der Waals surface area contributed by atoms with Crippen LogP contribution in [-0.4, -0.2) is 32.0 Å². The van der Waals surface area contributed by atoms with Gasteiger partial charge in [0.1, 0.15) is 0 Å². The molecule has 2 aromatic heterocycles. The highest BCUT2D eigenvalue weighted by atomic mass is 32.1. The number of carbonyl (C=O) groups is 1. The summed E-state index contributed by atoms with van der Waals surface area (Å²) < 4.78 is 2.33. The molecule has 3 aromatic carbocycles. The van der Waals surface area contributed by atoms with E-state index in [1.165, 1.54) is 16.3 Å². The van der Waals surface area contributed by atoms with E-state index in [9.17, 15) is 4.79 Å². The van der Waals surface area contributed by atoms with Crippen molar-refractivity contribution in [2.45, 2.75) is 46.2 Å². The third-order valence-electron chi connectivity index (χ3n) is 8.24. The Morgan fingerprint density at radius 3 is 2.55 bits per heavy atom. The van der Waals surface area contributed by atoms with Gasteiger partial charge in [0.2, 0.25) is 5.91 Å². The molecule has 0 radical (unpaired) electrons. The number of fused-ring (bicyclic) bond motifs is 1. The van der Waals surface area contributed by atoms with Crippen LogP contribution >= 0.6 is 12.2 Å². The zero-order valence-electron chi connectivity index (χ0n) is 24.4. The lowest BCUT2D eigenvalue weighted by Crippen LogP contribution is -2.33. The molecule has 1 fully saturated rings. The Balaban J connectivity index is 1.36. The molecular formula is C35H35N5OS. The summed E-state index contributed by atoms with van der Waals surface area (Å²) in [6.07, 6.45) is 2.12. The van der Waals surface area contributed by atoms with Crippen molar-refractivity contribution in [3.8, 4) is 5.69 Å². The van der Waals surface area contributed by atoms with Crippen LogP contribution in [0.3, 0.4) is 0 Å². The summed E-state index contributed by atoms with van der Waals surface area (Å²) in [7, 11) is 0. The fourth-order valence-electron chi connectivity index (χ4n) is 6.15. The van der Waals surface area contributed by atoms with Crippen LogP contribution in [0.1, 0.15) is 52.3 Å². The number of hydrogen-bond acceptors (Lipinski definition) is 3. The average molecular weight is 574 g/mol. The molecule has 0 bridgehead atoms. The second-order valence-corrected chi connectivity index (χ2v) is 11.5. The fourth-order valence-corrected chi connectivity index (χ4v) is 6.48. The van der Waals surface area contributed by atoms with Crippen molar-refractivity contribution in [2.75, 3.05) is 11.9 Å². The Morgan fingerprint density at radius 2 is 1.74 bits per heavy atom. The summed E-state index contributed by atoms with van der Waals surface area (Å²) in [5, 5.41) is 9.68. The largest absolute Gasteiger partial charge is 0.352 e. The Kier molecular flexibility index (Phi) is 7.52. The fraction of sp³-hybridized carbons (Fsp3) is 0.229. The highest BCUT2D eigenvalue weighted by molar-refractivity contribution is 7.80. The van der Waals surface area contributed by atoms with Gasteiger partial charge in [0.05, 0.1) is 23.5 Å². The molecule has 7 heteroatoms. The number of nitrogens with one attached hydrogen (secondary N) is 2. The zero-order valence-corrected chi connectivity index (χ0v) is 25.2. The molecule has 6 nitrogen and oxygen atoms in total. The number of carbonyl (C=O) groups excluding carboxylic acids is 1. The maximum atomic E-state index is 13.2. The molecule has 3 heterocycles. The number of pyridine rings is 1. The van der Waals surface area contributed by atoms with Crippen LogP contribution in [0.2, 0.25) is 0 Å². The van der Waals surface area contributed by atoms with E-state index in [1.807, 2.05) is 50.4 Å². The molecule has 1 saturated heterocycles. The SMILES string of the molecule is Cc1ccc(C)c(NC(=O)CCN2C(=S)N[C@H](c3ccccn3)[C@H]2c2cc(C)n(-c3cccc4ccccc34)c2C)c1. The van der Waals surface area contributed by atoms with Crippen molar-refractivity contribution in [1.29, 1.82) is 0 Å². The molecule has 212 valence electrons. The Labute approximate surface area is 252 Å². The molecule has 2 N–H and O–H groups in total. The molecule has 0 unspecified atom stereocenters. The molecule has 1 amide bonds. The van der Waals surface area contributed by atoms with Crippen LogP contribution in [0, 0.1) is 27.7 Å². The quantitative estimate of drug-likeness (QED) is 0.201. The lowest BCUT2D eigenvalue weighted by molar-refractivity contribution is -0.116. The first-order valence-electron chi connectivity index (χ1n) is 14.3. The molecular weight excluding hydrogens is 538 g/mol. The van der Waals surface area contributed by atoms with E-state index in [2.05, 4.69) is 88.5 Å². The minimum Gasteiger partial charge on any atom is -0.352 e. The lowest BCUT2D eigenvalue weighted by atomic mass is 9.96. The third-order valence-corrected chi connectivity index (χ3v) is 8.59. The molecule has 2 atom stereocenters. The number of thiocarbonyl (C=S) groups is 1. The summed E-state index contributed by atoms with van der Waals surface area (Å²) in [6.45, 7) is 8.84. The number of aryl methyl sites for hydroxylation is 3. The van der Waals surface area contributed by atoms with Gasteiger partial charge in [-0.3, -0.25) is 9.78 Å². The highest BCUT2D eigenvalue weighted by Gasteiger charge is 2.41. The van der Waals surface area contributed by atoms with Gasteiger partial charge in [-0.05, 0) is 92.3 Å². The van der Waals surface area contributed by atoms with Crippen molar-refractivity contribution >= 4 is 39.7 Å². The molecule has 0 aliphatic carbocycles. The molecule has 1 aliphatic heterocycles. The number of amides is 1. The van der Waals surface area contributed by atoms with Crippen LogP contribution < -0.4 is 10.6 Å². The van der Waals surface area contributed by atoms with E-state index in [1.54, 1.807) is 0 Å². The minimum atomic E-state index is -0.151. The number of benzene rings is 3. The van der Waals surface area contributed by atoms with Crippen molar-refractivity contribution in [1.82, 2.24) is 19.8 Å². The maximum Gasteiger partial charge on any atom is 0.226 e. The first-order valence-corrected chi connectivity index (χ1v) is 14.7. The third kappa shape index (κ3) is 5.16. The molecule has 6 rings (SSSR count). The number of anilines is 1. The van der Waals surface area contributed by atoms with Crippen LogP contribution in [0.15, 0.2) is 91.1 Å². The minimum absolute atomic E-state index is 0.0345. The van der Waals surface area contributed by atoms with Crippen molar-refractivity contribution in [3.05, 3.63) is 125 Å². The number of rotatable bonds is 7. The Hall–Kier alpha value is -4.49. The van der Waals surface area contributed by atoms with E-state index in [0.717, 1.165) is 39.6 Å². The maximum absolute atomic E-state index is 13.2. The Morgan fingerprint density at radius 1 is 0.952 bits per heavy atom. The Bertz CT molecular complexity index is 1790. The van der Waals surface area contributed by atoms with Crippen molar-refractivity contribution < 1.29 is 4.79 Å². The summed E-state index contributed by atoms with van der Waals surface area (Å²) in [5.74, 6) is -0.0345. The summed E-state index contributed by atoms with van der Waals surface area (Å²) in [6, 6.07) is 29.0. The topological polar surface area (TPSA) is 62.2 Å². The first kappa shape index (κ1) is 27.7. The summed E-state index contributed by atoms with van der Waals surface area (Å²) in [4.78, 5) is 20.0. The van der Waals surface area contributed by atoms with E-state index in [4.69, 9.17) is 17.2 Å². The van der Waals surface area contributed by atoms with Crippen LogP contribution in [0.4, 0.5) is 5.69 Å². The van der Waals surface area contributed by atoms with Gasteiger partial charge in [-0.25, -0.2) is 0 Å². The predicted molar refractivity (Wildman–Crippen MR) is 174 cm³/mol. The van der Waals surface area contributed by atoms with Crippen LogP contribution in [-0.2, 0) is 4.79 Å². The molecule has 1 aliphatic rings. The van der Waals surface area contributed by atoms with E-state index in [0.29, 0.717) is 18.1 Å². The van der Waals surface area contributed by atoms with Crippen LogP contribution in [0.25, 0.3) is 16.5 Å². The number of aromatic nitrogens is 2. The van der Waals surface area contributed by atoms with Crippen molar-refractivity contribution in [2.24, 2.45) is 0 Å². The monoisotopic (exact) mass is 573 g/mol. The van der Waals surface area contributed by atoms with Gasteiger partial charge in [0, 0.05) is 41.6 Å². The van der Waals surface area contributed by atoms with Crippen molar-refractivity contribution in [3.63, 3.8) is 0 Å². The van der Waals surface area contributed by atoms with Gasteiger partial charge in [-0.2, -0.15) is 0 Å². The number of hydrogen-bond donors (Lipinski definition) is 2. The average Bonchev–Trinajstić information content (AvgIpc) is 3.48. The van der Waals surface area contributed by atoms with Gasteiger partial charge in [-0.15, -0.1) is 0 Å². The molecule has 42 heavy (non-hydrogen) atoms. The van der Waals surface area contributed by atoms with Gasteiger partial charge in [-0.1, -0.05) is 54.6 Å². The standard InChI is InChI=1S/C35H35N5OS/c1-22-15-16-23(2)30(20-22)37-32(41)17-19-39-34(33(38-35(39)42)29-13-7-8-18-36-29)28-21-24(3)40(25(28)4)31-14-9-11-26-10-5-6-12-27(26)31/h5-16,18,20-21,33-34H,17,19H2,1-4H3,(H,37,41)(H,38,42)/t33-,34-/m1/s1. The van der Waals surface area contributed by atoms with E-state index >= 15 is 0 Å². The smallest absolute Gasteiger partial charge is 0.226 e. The van der Waals surface area contributed by atoms with E-state index < -0.39 is 0 Å². The first-order chi connectivity index (χ1) is 20.3. The summed E-state index contributed by atoms with van der Waals surface area (Å²) >= 11 is 5.90. The highest BCUT2D eigenvalue weighted by Crippen LogP contribution is 2.42. The van der Waals surface area contributed by atoms with Gasteiger partial charge < -0.3 is 20.1 Å². The number of nitrogens with zero attached hydrogens (tertiary/aromatic N) is 3. The molecule has 0 saturated carbocycles. The van der Waals surface area contributed by atoms with Gasteiger partial charge in [0.25, 0.3) is 0 Å². The van der Waals surface area contributed by atoms with Gasteiger partial charge in [0.15, 0.2) is 5.11 Å². The molecule has 5 aromatic rings. The lowest BCUT2D eigenvalue weighted by Gasteiger charge is -2.28. The van der Waals surface area contributed by atoms with E-state index in [-0.39, 0.29) is 18.0 Å². The van der Waals surface area contributed by atoms with Crippen LogP contribution in [0.5, 0.6) is 0 Å². The predicted octanol–water partition coefficient (Wildman–Crippen LogP) is 7.26. The van der Waals surface area contributed by atoms with Gasteiger partial charge >= 0.3 is 0 Å². The normalized spacial score (nSPS) is 16.6. The zero-order chi connectivity index (χ0) is 29.4.